The highest BCUT2D eigenvalue weighted by Crippen LogP contribution is 2.37. The van der Waals surface area contributed by atoms with Gasteiger partial charge in [0.05, 0.1) is 5.69 Å². The summed E-state index contributed by atoms with van der Waals surface area (Å²) in [7, 11) is 0. The van der Waals surface area contributed by atoms with Crippen LogP contribution in [0.15, 0.2) is 58.7 Å². The topological polar surface area (TPSA) is 83.0 Å². The summed E-state index contributed by atoms with van der Waals surface area (Å²) in [5.74, 6) is 0.842. The molecule has 0 aliphatic heterocycles. The SMILES string of the molecule is CC(C)c1c(Sc2cccc(Cl)c2)nc(C(C)OC(N)=O)n1Cc1ccncc1. The molecule has 2 aromatic heterocycles. The van der Waals surface area contributed by atoms with Gasteiger partial charge in [0.1, 0.15) is 5.03 Å². The van der Waals surface area contributed by atoms with E-state index in [-0.39, 0.29) is 5.92 Å². The fourth-order valence-corrected chi connectivity index (χ4v) is 4.51. The van der Waals surface area contributed by atoms with Crippen molar-refractivity contribution in [3.05, 3.63) is 70.9 Å². The van der Waals surface area contributed by atoms with Crippen molar-refractivity contribution in [3.8, 4) is 0 Å². The Balaban J connectivity index is 2.08. The first-order chi connectivity index (χ1) is 13.8. The van der Waals surface area contributed by atoms with Gasteiger partial charge in [-0.1, -0.05) is 43.3 Å². The molecule has 152 valence electrons. The van der Waals surface area contributed by atoms with Gasteiger partial charge in [0, 0.05) is 28.9 Å². The summed E-state index contributed by atoms with van der Waals surface area (Å²) in [5, 5.41) is 1.52. The molecule has 0 spiro atoms. The van der Waals surface area contributed by atoms with E-state index in [1.54, 1.807) is 19.3 Å². The second-order valence-corrected chi connectivity index (χ2v) is 8.39. The first kappa shape index (κ1) is 21.2. The highest BCUT2D eigenvalue weighted by Gasteiger charge is 2.25. The fourth-order valence-electron chi connectivity index (χ4n) is 3.11. The van der Waals surface area contributed by atoms with Gasteiger partial charge in [-0.3, -0.25) is 4.98 Å². The number of amides is 1. The molecule has 3 aromatic rings. The van der Waals surface area contributed by atoms with Crippen molar-refractivity contribution in [1.29, 1.82) is 0 Å². The highest BCUT2D eigenvalue weighted by molar-refractivity contribution is 7.99. The first-order valence-electron chi connectivity index (χ1n) is 9.24. The molecule has 1 unspecified atom stereocenters. The van der Waals surface area contributed by atoms with Crippen LogP contribution < -0.4 is 5.73 Å². The fraction of sp³-hybridized carbons (Fsp3) is 0.286. The van der Waals surface area contributed by atoms with E-state index < -0.39 is 12.2 Å². The summed E-state index contributed by atoms with van der Waals surface area (Å²) in [4.78, 5) is 21.3. The second kappa shape index (κ2) is 9.33. The average Bonchev–Trinajstić information content (AvgIpc) is 3.00. The summed E-state index contributed by atoms with van der Waals surface area (Å²) in [5.41, 5.74) is 7.38. The Bertz CT molecular complexity index is 992. The predicted octanol–water partition coefficient (Wildman–Crippen LogP) is 5.41. The third-order valence-corrected chi connectivity index (χ3v) is 5.53. The number of halogens is 1. The van der Waals surface area contributed by atoms with Crippen molar-refractivity contribution in [2.24, 2.45) is 5.73 Å². The Morgan fingerprint density at radius 3 is 2.59 bits per heavy atom. The first-order valence-corrected chi connectivity index (χ1v) is 10.4. The second-order valence-electron chi connectivity index (χ2n) is 6.90. The number of ether oxygens (including phenoxy) is 1. The molecule has 0 aliphatic carbocycles. The van der Waals surface area contributed by atoms with E-state index in [9.17, 15) is 4.79 Å². The Morgan fingerprint density at radius 1 is 1.24 bits per heavy atom. The molecular weight excluding hydrogens is 408 g/mol. The molecule has 2 N–H and O–H groups in total. The zero-order valence-electron chi connectivity index (χ0n) is 16.5. The molecule has 29 heavy (non-hydrogen) atoms. The Kier molecular flexibility index (Phi) is 6.82. The Labute approximate surface area is 179 Å². The molecule has 8 heteroatoms. The number of carbonyl (C=O) groups excluding carboxylic acids is 1. The zero-order chi connectivity index (χ0) is 21.0. The molecule has 1 amide bonds. The number of hydrogen-bond donors (Lipinski definition) is 1. The van der Waals surface area contributed by atoms with Gasteiger partial charge in [-0.05, 0) is 48.7 Å². The van der Waals surface area contributed by atoms with Crippen molar-refractivity contribution in [2.45, 2.75) is 49.3 Å². The number of imidazole rings is 1. The summed E-state index contributed by atoms with van der Waals surface area (Å²) in [6, 6.07) is 11.6. The van der Waals surface area contributed by atoms with E-state index in [0.717, 1.165) is 21.2 Å². The van der Waals surface area contributed by atoms with Gasteiger partial charge in [0.25, 0.3) is 0 Å². The van der Waals surface area contributed by atoms with Gasteiger partial charge < -0.3 is 15.0 Å². The smallest absolute Gasteiger partial charge is 0.405 e. The van der Waals surface area contributed by atoms with Crippen LogP contribution in [0.1, 0.15) is 49.9 Å². The molecular formula is C21H23ClN4O2S. The van der Waals surface area contributed by atoms with Crippen molar-refractivity contribution in [3.63, 3.8) is 0 Å². The third kappa shape index (κ3) is 5.31. The number of primary amides is 1. The normalized spacial score (nSPS) is 12.2. The molecule has 0 fully saturated rings. The van der Waals surface area contributed by atoms with Gasteiger partial charge >= 0.3 is 6.09 Å². The van der Waals surface area contributed by atoms with Gasteiger partial charge in [-0.15, -0.1) is 0 Å². The molecule has 2 heterocycles. The Morgan fingerprint density at radius 2 is 1.97 bits per heavy atom. The average molecular weight is 431 g/mol. The lowest BCUT2D eigenvalue weighted by Gasteiger charge is -2.18. The number of aromatic nitrogens is 3. The molecule has 6 nitrogen and oxygen atoms in total. The minimum atomic E-state index is -0.828. The van der Waals surface area contributed by atoms with Crippen molar-refractivity contribution < 1.29 is 9.53 Å². The number of nitrogens with two attached hydrogens (primary N) is 1. The lowest BCUT2D eigenvalue weighted by atomic mass is 10.1. The molecule has 0 radical (unpaired) electrons. The molecule has 3 rings (SSSR count). The molecule has 1 atom stereocenters. The minimum absolute atomic E-state index is 0.195. The molecule has 0 saturated heterocycles. The standard InChI is InChI=1S/C21H23ClN4O2S/c1-13(2)18-20(29-17-6-4-5-16(22)11-17)25-19(14(3)28-21(23)27)26(18)12-15-7-9-24-10-8-15/h4-11,13-14H,12H2,1-3H3,(H2,23,27). The molecule has 0 saturated carbocycles. The third-order valence-electron chi connectivity index (χ3n) is 4.31. The van der Waals surface area contributed by atoms with E-state index in [1.165, 1.54) is 11.8 Å². The Hall–Kier alpha value is -2.51. The van der Waals surface area contributed by atoms with Crippen LogP contribution in [-0.4, -0.2) is 20.6 Å². The number of hydrogen-bond acceptors (Lipinski definition) is 5. The maximum Gasteiger partial charge on any atom is 0.405 e. The lowest BCUT2D eigenvalue weighted by molar-refractivity contribution is 0.110. The largest absolute Gasteiger partial charge is 0.439 e. The maximum atomic E-state index is 11.3. The van der Waals surface area contributed by atoms with Crippen LogP contribution in [0.5, 0.6) is 0 Å². The predicted molar refractivity (Wildman–Crippen MR) is 114 cm³/mol. The molecule has 0 bridgehead atoms. The summed E-state index contributed by atoms with van der Waals surface area (Å²) in [6.45, 7) is 6.59. The van der Waals surface area contributed by atoms with Crippen LogP contribution in [0.4, 0.5) is 4.79 Å². The van der Waals surface area contributed by atoms with Crippen LogP contribution in [0.3, 0.4) is 0 Å². The van der Waals surface area contributed by atoms with E-state index in [4.69, 9.17) is 27.1 Å². The van der Waals surface area contributed by atoms with E-state index in [2.05, 4.69) is 23.4 Å². The maximum absolute atomic E-state index is 11.3. The summed E-state index contributed by atoms with van der Waals surface area (Å²) >= 11 is 7.69. The van der Waals surface area contributed by atoms with Crippen molar-refractivity contribution in [1.82, 2.24) is 14.5 Å². The zero-order valence-corrected chi connectivity index (χ0v) is 18.1. The molecule has 1 aromatic carbocycles. The van der Waals surface area contributed by atoms with Crippen molar-refractivity contribution in [2.75, 3.05) is 0 Å². The quantitative estimate of drug-likeness (QED) is 0.541. The summed E-state index contributed by atoms with van der Waals surface area (Å²) in [6.07, 6.45) is 2.10. The lowest BCUT2D eigenvalue weighted by Crippen LogP contribution is -2.19. The van der Waals surface area contributed by atoms with Crippen LogP contribution in [0, 0.1) is 0 Å². The number of rotatable bonds is 7. The molecule has 0 aliphatic rings. The highest BCUT2D eigenvalue weighted by atomic mass is 35.5. The van der Waals surface area contributed by atoms with Gasteiger partial charge in [-0.25, -0.2) is 9.78 Å². The van der Waals surface area contributed by atoms with E-state index in [1.807, 2.05) is 36.4 Å². The van der Waals surface area contributed by atoms with Crippen LogP contribution in [0.25, 0.3) is 0 Å². The van der Waals surface area contributed by atoms with Crippen molar-refractivity contribution >= 4 is 29.5 Å². The number of nitrogens with zero attached hydrogens (tertiary/aromatic N) is 3. The van der Waals surface area contributed by atoms with Crippen LogP contribution in [-0.2, 0) is 11.3 Å². The minimum Gasteiger partial charge on any atom is -0.439 e. The van der Waals surface area contributed by atoms with E-state index in [0.29, 0.717) is 17.4 Å². The number of pyridine rings is 1. The monoisotopic (exact) mass is 430 g/mol. The number of carbonyl (C=O) groups is 1. The van der Waals surface area contributed by atoms with Crippen LogP contribution in [0.2, 0.25) is 5.02 Å². The van der Waals surface area contributed by atoms with Gasteiger partial charge in [0.15, 0.2) is 11.9 Å². The van der Waals surface area contributed by atoms with Crippen LogP contribution >= 0.6 is 23.4 Å². The van der Waals surface area contributed by atoms with E-state index >= 15 is 0 Å². The van der Waals surface area contributed by atoms with Gasteiger partial charge in [-0.2, -0.15) is 0 Å². The van der Waals surface area contributed by atoms with Gasteiger partial charge in [0.2, 0.25) is 0 Å². The summed E-state index contributed by atoms with van der Waals surface area (Å²) < 4.78 is 7.34. The number of benzene rings is 1.